The monoisotopic (exact) mass is 256 g/mol. The summed E-state index contributed by atoms with van der Waals surface area (Å²) in [7, 11) is -1.59. The predicted molar refractivity (Wildman–Crippen MR) is 80.2 cm³/mol. The van der Waals surface area contributed by atoms with Gasteiger partial charge in [-0.15, -0.1) is 0 Å². The summed E-state index contributed by atoms with van der Waals surface area (Å²) in [6.07, 6.45) is 0.726. The van der Waals surface area contributed by atoms with Crippen molar-refractivity contribution in [1.29, 1.82) is 0 Å². The second-order valence-corrected chi connectivity index (χ2v) is 6.33. The van der Waals surface area contributed by atoms with Gasteiger partial charge in [0.1, 0.15) is 7.80 Å². The molecule has 0 heterocycles. The maximum absolute atomic E-state index is 11.7. The highest BCUT2D eigenvalue weighted by atomic mass is 31.1. The molecule has 0 aliphatic rings. The van der Waals surface area contributed by atoms with E-state index in [1.54, 1.807) is 0 Å². The summed E-state index contributed by atoms with van der Waals surface area (Å²) in [5, 5.41) is 0.951. The normalized spacial score (nSPS) is 12.1. The van der Waals surface area contributed by atoms with Crippen LogP contribution in [-0.4, -0.2) is 6.16 Å². The summed E-state index contributed by atoms with van der Waals surface area (Å²) in [5.41, 5.74) is 3.20. The summed E-state index contributed by atoms with van der Waals surface area (Å²) < 4.78 is 11.7. The maximum Gasteiger partial charge on any atom is 0.103 e. The standard InChI is InChI=1S/C16H17OP/c1-3-18(17)16-11-9-15(10-12-16)13(2)14-7-5-4-6-8-14/h4-12,18H,2-3H2,1H3. The van der Waals surface area contributed by atoms with E-state index >= 15 is 0 Å². The fraction of sp³-hybridized carbons (Fsp3) is 0.125. The lowest BCUT2D eigenvalue weighted by molar-refractivity contribution is 0.594. The third kappa shape index (κ3) is 2.80. The molecule has 0 radical (unpaired) electrons. The van der Waals surface area contributed by atoms with E-state index in [-0.39, 0.29) is 0 Å². The molecule has 0 N–H and O–H groups in total. The predicted octanol–water partition coefficient (Wildman–Crippen LogP) is 3.95. The van der Waals surface area contributed by atoms with Gasteiger partial charge in [-0.05, 0) is 22.9 Å². The van der Waals surface area contributed by atoms with Crippen LogP contribution in [0.2, 0.25) is 0 Å². The minimum Gasteiger partial charge on any atom is -0.322 e. The van der Waals surface area contributed by atoms with E-state index in [9.17, 15) is 4.57 Å². The van der Waals surface area contributed by atoms with Crippen molar-refractivity contribution < 1.29 is 4.57 Å². The molecule has 0 bridgehead atoms. The number of rotatable bonds is 4. The molecule has 0 aromatic heterocycles. The minimum atomic E-state index is -1.59. The van der Waals surface area contributed by atoms with Crippen LogP contribution in [0, 0.1) is 0 Å². The van der Waals surface area contributed by atoms with Gasteiger partial charge in [0.15, 0.2) is 0 Å². The fourth-order valence-electron chi connectivity index (χ4n) is 1.87. The van der Waals surface area contributed by atoms with Crippen molar-refractivity contribution in [3.8, 4) is 0 Å². The van der Waals surface area contributed by atoms with Crippen LogP contribution in [0.1, 0.15) is 18.1 Å². The summed E-state index contributed by atoms with van der Waals surface area (Å²) in [4.78, 5) is 0. The Hall–Kier alpha value is -1.59. The van der Waals surface area contributed by atoms with Gasteiger partial charge in [0.2, 0.25) is 0 Å². The smallest absolute Gasteiger partial charge is 0.103 e. The molecular formula is C16H17OP. The van der Waals surface area contributed by atoms with Crippen molar-refractivity contribution in [1.82, 2.24) is 0 Å². The van der Waals surface area contributed by atoms with Crippen molar-refractivity contribution in [2.24, 2.45) is 0 Å². The first kappa shape index (κ1) is 12.9. The minimum absolute atomic E-state index is 0.726. The van der Waals surface area contributed by atoms with Crippen molar-refractivity contribution in [2.45, 2.75) is 6.92 Å². The van der Waals surface area contributed by atoms with Crippen molar-refractivity contribution in [3.63, 3.8) is 0 Å². The number of hydrogen-bond donors (Lipinski definition) is 0. The Bertz CT molecular complexity index is 555. The zero-order valence-corrected chi connectivity index (χ0v) is 11.5. The van der Waals surface area contributed by atoms with Crippen LogP contribution in [0.25, 0.3) is 5.57 Å². The molecule has 92 valence electrons. The van der Waals surface area contributed by atoms with Gasteiger partial charge in [-0.1, -0.05) is 68.1 Å². The summed E-state index contributed by atoms with van der Waals surface area (Å²) in [5.74, 6) is 0. The molecule has 2 aromatic rings. The van der Waals surface area contributed by atoms with Gasteiger partial charge in [-0.3, -0.25) is 0 Å². The van der Waals surface area contributed by atoms with E-state index in [1.807, 2.05) is 61.5 Å². The van der Waals surface area contributed by atoms with Crippen molar-refractivity contribution in [3.05, 3.63) is 72.3 Å². The van der Waals surface area contributed by atoms with Crippen LogP contribution < -0.4 is 5.30 Å². The van der Waals surface area contributed by atoms with Gasteiger partial charge >= 0.3 is 0 Å². The van der Waals surface area contributed by atoms with Crippen LogP contribution in [0.4, 0.5) is 0 Å². The average molecular weight is 256 g/mol. The number of hydrogen-bond acceptors (Lipinski definition) is 1. The summed E-state index contributed by atoms with van der Waals surface area (Å²) in [6, 6.07) is 18.0. The third-order valence-corrected chi connectivity index (χ3v) is 4.62. The Morgan fingerprint density at radius 1 is 1.00 bits per heavy atom. The van der Waals surface area contributed by atoms with E-state index in [0.717, 1.165) is 28.2 Å². The second-order valence-electron chi connectivity index (χ2n) is 4.20. The Kier molecular flexibility index (Phi) is 4.17. The highest BCUT2D eigenvalue weighted by molar-refractivity contribution is 7.53. The first-order chi connectivity index (χ1) is 8.72. The Morgan fingerprint density at radius 2 is 1.56 bits per heavy atom. The second kappa shape index (κ2) is 5.84. The first-order valence-corrected chi connectivity index (χ1v) is 7.72. The summed E-state index contributed by atoms with van der Waals surface area (Å²) in [6.45, 7) is 6.08. The molecule has 2 rings (SSSR count). The SMILES string of the molecule is C=C(c1ccccc1)c1ccc([PH](=O)CC)cc1. The molecule has 2 aromatic carbocycles. The molecule has 0 amide bonds. The molecule has 2 heteroatoms. The molecule has 1 unspecified atom stereocenters. The van der Waals surface area contributed by atoms with Crippen molar-refractivity contribution in [2.75, 3.05) is 6.16 Å². The van der Waals surface area contributed by atoms with Crippen LogP contribution >= 0.6 is 7.80 Å². The van der Waals surface area contributed by atoms with Gasteiger partial charge in [0.05, 0.1) is 0 Å². The molecule has 0 aliphatic heterocycles. The van der Waals surface area contributed by atoms with Gasteiger partial charge in [0, 0.05) is 5.30 Å². The lowest BCUT2D eigenvalue weighted by Gasteiger charge is -2.07. The van der Waals surface area contributed by atoms with Crippen LogP contribution in [0.3, 0.4) is 0 Å². The van der Waals surface area contributed by atoms with E-state index in [1.165, 1.54) is 0 Å². The van der Waals surface area contributed by atoms with Crippen molar-refractivity contribution >= 4 is 18.7 Å². The zero-order chi connectivity index (χ0) is 13.0. The zero-order valence-electron chi connectivity index (χ0n) is 10.5. The average Bonchev–Trinajstić information content (AvgIpc) is 2.47. The fourth-order valence-corrected chi connectivity index (χ4v) is 2.81. The Balaban J connectivity index is 2.25. The lowest BCUT2D eigenvalue weighted by Crippen LogP contribution is -1.97. The lowest BCUT2D eigenvalue weighted by atomic mass is 10.00. The van der Waals surface area contributed by atoms with E-state index < -0.39 is 7.80 Å². The molecule has 0 aliphatic carbocycles. The number of benzene rings is 2. The Labute approximate surface area is 109 Å². The molecule has 1 atom stereocenters. The van der Waals surface area contributed by atoms with Gasteiger partial charge < -0.3 is 4.57 Å². The Morgan fingerprint density at radius 3 is 2.11 bits per heavy atom. The largest absolute Gasteiger partial charge is 0.322 e. The third-order valence-electron chi connectivity index (χ3n) is 3.00. The molecule has 0 spiro atoms. The van der Waals surface area contributed by atoms with Gasteiger partial charge in [0.25, 0.3) is 0 Å². The molecule has 0 fully saturated rings. The maximum atomic E-state index is 11.7. The first-order valence-electron chi connectivity index (χ1n) is 6.10. The molecule has 18 heavy (non-hydrogen) atoms. The van der Waals surface area contributed by atoms with E-state index in [2.05, 4.69) is 6.58 Å². The molecular weight excluding hydrogens is 239 g/mol. The summed E-state index contributed by atoms with van der Waals surface area (Å²) >= 11 is 0. The molecule has 0 saturated heterocycles. The topological polar surface area (TPSA) is 17.1 Å². The quantitative estimate of drug-likeness (QED) is 0.757. The molecule has 0 saturated carbocycles. The van der Waals surface area contributed by atoms with Gasteiger partial charge in [-0.25, -0.2) is 0 Å². The highest BCUT2D eigenvalue weighted by Gasteiger charge is 2.04. The van der Waals surface area contributed by atoms with Crippen LogP contribution in [0.5, 0.6) is 0 Å². The van der Waals surface area contributed by atoms with Crippen LogP contribution in [0.15, 0.2) is 61.2 Å². The van der Waals surface area contributed by atoms with E-state index in [0.29, 0.717) is 0 Å². The molecule has 1 nitrogen and oxygen atoms in total. The van der Waals surface area contributed by atoms with Gasteiger partial charge in [-0.2, -0.15) is 0 Å². The van der Waals surface area contributed by atoms with E-state index in [4.69, 9.17) is 0 Å². The van der Waals surface area contributed by atoms with Crippen LogP contribution in [-0.2, 0) is 4.57 Å². The highest BCUT2D eigenvalue weighted by Crippen LogP contribution is 2.23.